The minimum absolute atomic E-state index is 0.0465. The van der Waals surface area contributed by atoms with Crippen LogP contribution in [0.4, 0.5) is 24.8 Å². The van der Waals surface area contributed by atoms with E-state index in [1.54, 1.807) is 0 Å². The molecule has 1 aliphatic heterocycles. The Hall–Kier alpha value is -2.03. The smallest absolute Gasteiger partial charge is 0.358 e. The van der Waals surface area contributed by atoms with Gasteiger partial charge in [-0.1, -0.05) is 0 Å². The number of hydrogen-bond acceptors (Lipinski definition) is 5. The van der Waals surface area contributed by atoms with Crippen molar-refractivity contribution in [1.29, 1.82) is 0 Å². The number of nitrogens with two attached hydrogens (primary N) is 1. The maximum absolute atomic E-state index is 12.7. The number of amides is 1. The molecule has 20 heavy (non-hydrogen) atoms. The third-order valence-electron chi connectivity index (χ3n) is 2.91. The van der Waals surface area contributed by atoms with E-state index < -0.39 is 17.8 Å². The summed E-state index contributed by atoms with van der Waals surface area (Å²) in [6.45, 7) is 0.572. The number of carbonyl (C=O) groups is 1. The Bertz CT molecular complexity index is 505. The number of alkyl halides is 3. The summed E-state index contributed by atoms with van der Waals surface area (Å²) in [6, 6.07) is 1.06. The van der Waals surface area contributed by atoms with E-state index >= 15 is 0 Å². The van der Waals surface area contributed by atoms with Crippen molar-refractivity contribution in [2.75, 3.05) is 17.3 Å². The number of rotatable bonds is 3. The Morgan fingerprint density at radius 3 is 2.65 bits per heavy atom. The molecule has 110 valence electrons. The zero-order valence-corrected chi connectivity index (χ0v) is 10.4. The van der Waals surface area contributed by atoms with Gasteiger partial charge in [-0.2, -0.15) is 13.2 Å². The molecule has 6 nitrogen and oxygen atoms in total. The molecule has 0 radical (unpaired) electrons. The van der Waals surface area contributed by atoms with Gasteiger partial charge in [-0.25, -0.2) is 10.8 Å². The van der Waals surface area contributed by atoms with E-state index in [9.17, 15) is 18.0 Å². The van der Waals surface area contributed by atoms with E-state index in [1.165, 1.54) is 0 Å². The Kier molecular flexibility index (Phi) is 3.98. The van der Waals surface area contributed by atoms with Crippen molar-refractivity contribution < 1.29 is 18.0 Å². The maximum Gasteiger partial charge on any atom is 0.416 e. The van der Waals surface area contributed by atoms with Crippen LogP contribution in [0.3, 0.4) is 0 Å². The molecule has 1 aliphatic rings. The van der Waals surface area contributed by atoms with Crippen LogP contribution in [0.1, 0.15) is 18.4 Å². The van der Waals surface area contributed by atoms with Crippen LogP contribution in [0.2, 0.25) is 0 Å². The largest absolute Gasteiger partial charge is 0.416 e. The number of halogens is 3. The molecule has 1 aromatic rings. The number of carbonyl (C=O) groups excluding carboxylic acids is 1. The molecule has 1 saturated heterocycles. The van der Waals surface area contributed by atoms with E-state index in [2.05, 4.69) is 21.0 Å². The molecule has 0 spiro atoms. The van der Waals surface area contributed by atoms with Gasteiger partial charge in [-0.15, -0.1) is 0 Å². The minimum atomic E-state index is -4.51. The first-order chi connectivity index (χ1) is 9.40. The number of aromatic nitrogens is 1. The average molecular weight is 289 g/mol. The van der Waals surface area contributed by atoms with Gasteiger partial charge in [0.05, 0.1) is 5.56 Å². The van der Waals surface area contributed by atoms with Gasteiger partial charge in [-0.3, -0.25) is 4.79 Å². The highest BCUT2D eigenvalue weighted by atomic mass is 19.4. The molecule has 0 aromatic carbocycles. The van der Waals surface area contributed by atoms with Gasteiger partial charge < -0.3 is 16.1 Å². The average Bonchev–Trinajstić information content (AvgIpc) is 2.40. The number of nitrogens with one attached hydrogen (secondary N) is 3. The minimum Gasteiger partial charge on any atom is -0.358 e. The molecule has 1 aromatic heterocycles. The summed E-state index contributed by atoms with van der Waals surface area (Å²) in [6.07, 6.45) is -3.22. The normalized spacial score (nSPS) is 19.4. The van der Waals surface area contributed by atoms with Crippen LogP contribution >= 0.6 is 0 Å². The predicted molar refractivity (Wildman–Crippen MR) is 66.7 cm³/mol. The summed E-state index contributed by atoms with van der Waals surface area (Å²) >= 11 is 0. The lowest BCUT2D eigenvalue weighted by molar-refractivity contribution is -0.137. The van der Waals surface area contributed by atoms with Crippen molar-refractivity contribution in [3.63, 3.8) is 0 Å². The Labute approximate surface area is 112 Å². The Morgan fingerprint density at radius 1 is 1.35 bits per heavy atom. The van der Waals surface area contributed by atoms with Crippen LogP contribution < -0.4 is 21.9 Å². The van der Waals surface area contributed by atoms with Crippen LogP contribution in [0.15, 0.2) is 12.1 Å². The second-order valence-electron chi connectivity index (χ2n) is 4.40. The van der Waals surface area contributed by atoms with E-state index in [-0.39, 0.29) is 17.5 Å². The molecule has 5 N–H and O–H groups in total. The second kappa shape index (κ2) is 5.53. The number of nitrogen functional groups attached to an aromatic ring is 1. The van der Waals surface area contributed by atoms with Crippen LogP contribution in [0, 0.1) is 0 Å². The molecule has 1 amide bonds. The fourth-order valence-corrected chi connectivity index (χ4v) is 1.93. The van der Waals surface area contributed by atoms with Crippen molar-refractivity contribution in [3.8, 4) is 0 Å². The fourth-order valence-electron chi connectivity index (χ4n) is 1.93. The zero-order chi connectivity index (χ0) is 14.8. The highest BCUT2D eigenvalue weighted by Gasteiger charge is 2.32. The quantitative estimate of drug-likeness (QED) is 0.493. The molecular weight excluding hydrogens is 275 g/mol. The van der Waals surface area contributed by atoms with Crippen LogP contribution in [-0.4, -0.2) is 23.5 Å². The maximum atomic E-state index is 12.7. The van der Waals surface area contributed by atoms with Crippen LogP contribution in [0.5, 0.6) is 0 Å². The first-order valence-electron chi connectivity index (χ1n) is 6.00. The number of hydrazine groups is 1. The highest BCUT2D eigenvalue weighted by molar-refractivity contribution is 5.85. The van der Waals surface area contributed by atoms with Crippen LogP contribution in [-0.2, 0) is 11.0 Å². The lowest BCUT2D eigenvalue weighted by atomic mass is 10.1. The Morgan fingerprint density at radius 2 is 2.05 bits per heavy atom. The zero-order valence-electron chi connectivity index (χ0n) is 10.4. The van der Waals surface area contributed by atoms with Gasteiger partial charge >= 0.3 is 6.18 Å². The van der Waals surface area contributed by atoms with Crippen molar-refractivity contribution in [3.05, 3.63) is 17.7 Å². The second-order valence-corrected chi connectivity index (χ2v) is 4.40. The van der Waals surface area contributed by atoms with Gasteiger partial charge in [0.15, 0.2) is 0 Å². The third kappa shape index (κ3) is 3.29. The van der Waals surface area contributed by atoms with Crippen molar-refractivity contribution >= 4 is 17.5 Å². The summed E-state index contributed by atoms with van der Waals surface area (Å²) in [5.41, 5.74) is 1.19. The number of anilines is 2. The fraction of sp³-hybridized carbons (Fsp3) is 0.455. The lowest BCUT2D eigenvalue weighted by Gasteiger charge is -2.23. The van der Waals surface area contributed by atoms with E-state index in [0.29, 0.717) is 13.0 Å². The van der Waals surface area contributed by atoms with Gasteiger partial charge in [0.25, 0.3) is 0 Å². The molecule has 2 rings (SSSR count). The monoisotopic (exact) mass is 289 g/mol. The van der Waals surface area contributed by atoms with Gasteiger partial charge in [-0.05, 0) is 25.0 Å². The van der Waals surface area contributed by atoms with Gasteiger partial charge in [0.2, 0.25) is 5.91 Å². The molecule has 2 heterocycles. The molecule has 9 heteroatoms. The molecule has 1 unspecified atom stereocenters. The summed E-state index contributed by atoms with van der Waals surface area (Å²) in [5.74, 6) is 4.68. The third-order valence-corrected chi connectivity index (χ3v) is 2.91. The highest BCUT2D eigenvalue weighted by Crippen LogP contribution is 2.32. The van der Waals surface area contributed by atoms with Crippen molar-refractivity contribution in [2.45, 2.75) is 25.1 Å². The summed E-state index contributed by atoms with van der Waals surface area (Å²) in [7, 11) is 0. The summed E-state index contributed by atoms with van der Waals surface area (Å²) in [5, 5.41) is 5.33. The van der Waals surface area contributed by atoms with E-state index in [1.807, 2.05) is 0 Å². The van der Waals surface area contributed by atoms with E-state index in [0.717, 1.165) is 18.6 Å². The molecule has 0 bridgehead atoms. The SMILES string of the molecule is NNc1cc(C(F)(F)F)cc(NC2CCCNC2=O)n1. The Balaban J connectivity index is 2.24. The molecule has 1 fully saturated rings. The summed E-state index contributed by atoms with van der Waals surface area (Å²) in [4.78, 5) is 15.4. The molecule has 0 saturated carbocycles. The van der Waals surface area contributed by atoms with Crippen LogP contribution in [0.25, 0.3) is 0 Å². The number of nitrogens with zero attached hydrogens (tertiary/aromatic N) is 1. The molecular formula is C11H14F3N5O. The summed E-state index contributed by atoms with van der Waals surface area (Å²) < 4.78 is 38.2. The van der Waals surface area contributed by atoms with E-state index in [4.69, 9.17) is 5.84 Å². The topological polar surface area (TPSA) is 92.1 Å². The number of pyridine rings is 1. The number of hydrogen-bond donors (Lipinski definition) is 4. The predicted octanol–water partition coefficient (Wildman–Crippen LogP) is 1.08. The van der Waals surface area contributed by atoms with Gasteiger partial charge in [0, 0.05) is 6.54 Å². The molecule has 0 aliphatic carbocycles. The van der Waals surface area contributed by atoms with Crippen molar-refractivity contribution in [1.82, 2.24) is 10.3 Å². The standard InChI is InChI=1S/C11H14F3N5O/c12-11(13,14)6-4-8(18-9(5-6)19-15)17-7-2-1-3-16-10(7)20/h4-5,7H,1-3,15H2,(H,16,20)(H2,17,18,19). The van der Waals surface area contributed by atoms with Crippen molar-refractivity contribution in [2.24, 2.45) is 5.84 Å². The molecule has 1 atom stereocenters. The van der Waals surface area contributed by atoms with Gasteiger partial charge in [0.1, 0.15) is 17.7 Å². The first kappa shape index (κ1) is 14.4. The number of piperidine rings is 1. The first-order valence-corrected chi connectivity index (χ1v) is 6.00. The lowest BCUT2D eigenvalue weighted by Crippen LogP contribution is -2.44.